The molecule has 5 heteroatoms. The van der Waals surface area contributed by atoms with E-state index in [1.807, 2.05) is 0 Å². The molecule has 0 saturated heterocycles. The fourth-order valence-electron chi connectivity index (χ4n) is 8.28. The summed E-state index contributed by atoms with van der Waals surface area (Å²) in [5, 5.41) is 33.6. The molecule has 330 valence electrons. The van der Waals surface area contributed by atoms with Crippen LogP contribution in [0.25, 0.3) is 0 Å². The average molecular weight is 780 g/mol. The summed E-state index contributed by atoms with van der Waals surface area (Å²) in [4.78, 5) is 12.5. The van der Waals surface area contributed by atoms with Crippen molar-refractivity contribution in [2.75, 3.05) is 6.61 Å². The summed E-state index contributed by atoms with van der Waals surface area (Å²) >= 11 is 0. The van der Waals surface area contributed by atoms with E-state index in [2.05, 4.69) is 19.2 Å². The van der Waals surface area contributed by atoms with Gasteiger partial charge in [-0.2, -0.15) is 0 Å². The minimum Gasteiger partial charge on any atom is -0.394 e. The van der Waals surface area contributed by atoms with E-state index >= 15 is 0 Å². The van der Waals surface area contributed by atoms with Crippen LogP contribution in [0.2, 0.25) is 0 Å². The lowest BCUT2D eigenvalue weighted by Gasteiger charge is -2.26. The molecule has 4 N–H and O–H groups in total. The summed E-state index contributed by atoms with van der Waals surface area (Å²) in [5.74, 6) is -0.138. The second-order valence-electron chi connectivity index (χ2n) is 17.7. The van der Waals surface area contributed by atoms with Gasteiger partial charge in [0.05, 0.1) is 18.8 Å². The SMILES string of the molecule is CCCCCCCCCCCCCCCCCCCCCCCCCCCCCCCC(=O)NC(CO)C(O)C(O)CCCCCCCCCCCCCC. The predicted molar refractivity (Wildman–Crippen MR) is 241 cm³/mol. The second kappa shape index (κ2) is 46.0. The number of carbonyl (C=O) groups excluding carboxylic acids is 1. The Balaban J connectivity index is 3.45. The molecule has 0 saturated carbocycles. The van der Waals surface area contributed by atoms with E-state index in [1.165, 1.54) is 231 Å². The van der Waals surface area contributed by atoms with Gasteiger partial charge in [0.1, 0.15) is 6.10 Å². The molecule has 0 fully saturated rings. The maximum absolute atomic E-state index is 12.5. The lowest BCUT2D eigenvalue weighted by Crippen LogP contribution is -2.50. The largest absolute Gasteiger partial charge is 0.394 e. The molecule has 0 aromatic heterocycles. The molecule has 0 aliphatic heterocycles. The summed E-state index contributed by atoms with van der Waals surface area (Å²) in [6.07, 6.45) is 53.9. The van der Waals surface area contributed by atoms with E-state index in [0.717, 1.165) is 32.1 Å². The third-order valence-electron chi connectivity index (χ3n) is 12.2. The summed E-state index contributed by atoms with van der Waals surface area (Å²) in [6, 6.07) is -0.802. The van der Waals surface area contributed by atoms with Gasteiger partial charge in [0.15, 0.2) is 0 Å². The summed E-state index contributed by atoms with van der Waals surface area (Å²) in [7, 11) is 0. The Morgan fingerprint density at radius 3 is 0.873 bits per heavy atom. The van der Waals surface area contributed by atoms with Crippen molar-refractivity contribution in [2.24, 2.45) is 0 Å². The van der Waals surface area contributed by atoms with Crippen LogP contribution in [-0.4, -0.2) is 46.1 Å². The van der Waals surface area contributed by atoms with E-state index < -0.39 is 18.2 Å². The van der Waals surface area contributed by atoms with E-state index in [4.69, 9.17) is 0 Å². The third kappa shape index (κ3) is 41.3. The minimum absolute atomic E-state index is 0.138. The molecule has 0 bridgehead atoms. The zero-order valence-electron chi connectivity index (χ0n) is 37.6. The van der Waals surface area contributed by atoms with Gasteiger partial charge in [-0.05, 0) is 12.8 Å². The Kier molecular flexibility index (Phi) is 45.5. The molecular weight excluding hydrogens is 679 g/mol. The highest BCUT2D eigenvalue weighted by Crippen LogP contribution is 2.18. The van der Waals surface area contributed by atoms with E-state index in [-0.39, 0.29) is 12.5 Å². The molecule has 0 aromatic carbocycles. The highest BCUT2D eigenvalue weighted by Gasteiger charge is 2.26. The number of hydrogen-bond acceptors (Lipinski definition) is 4. The monoisotopic (exact) mass is 780 g/mol. The quantitative estimate of drug-likeness (QED) is 0.0463. The van der Waals surface area contributed by atoms with Crippen LogP contribution in [0.1, 0.15) is 290 Å². The maximum Gasteiger partial charge on any atom is 0.220 e. The molecular formula is C50H101NO4. The lowest BCUT2D eigenvalue weighted by atomic mass is 9.99. The predicted octanol–water partition coefficient (Wildman–Crippen LogP) is 15.0. The first kappa shape index (κ1) is 54.3. The summed E-state index contributed by atoms with van der Waals surface area (Å²) in [5.41, 5.74) is 0. The lowest BCUT2D eigenvalue weighted by molar-refractivity contribution is -0.124. The van der Waals surface area contributed by atoms with Gasteiger partial charge in [-0.15, -0.1) is 0 Å². The molecule has 0 radical (unpaired) electrons. The number of unbranched alkanes of at least 4 members (excludes halogenated alkanes) is 39. The normalized spacial score (nSPS) is 13.3. The van der Waals surface area contributed by atoms with Crippen LogP contribution in [0.3, 0.4) is 0 Å². The van der Waals surface area contributed by atoms with Gasteiger partial charge in [0.25, 0.3) is 0 Å². The molecule has 1 amide bonds. The van der Waals surface area contributed by atoms with E-state index in [0.29, 0.717) is 12.8 Å². The van der Waals surface area contributed by atoms with Crippen molar-refractivity contribution in [1.82, 2.24) is 5.32 Å². The molecule has 55 heavy (non-hydrogen) atoms. The van der Waals surface area contributed by atoms with E-state index in [9.17, 15) is 20.1 Å². The first-order valence-electron chi connectivity index (χ1n) is 25.3. The van der Waals surface area contributed by atoms with Crippen LogP contribution in [0, 0.1) is 0 Å². The topological polar surface area (TPSA) is 89.8 Å². The molecule has 5 nitrogen and oxygen atoms in total. The van der Waals surface area contributed by atoms with Crippen molar-refractivity contribution in [3.05, 3.63) is 0 Å². The number of aliphatic hydroxyl groups is 3. The van der Waals surface area contributed by atoms with Crippen LogP contribution in [0.5, 0.6) is 0 Å². The van der Waals surface area contributed by atoms with Gasteiger partial charge in [-0.3, -0.25) is 4.79 Å². The second-order valence-corrected chi connectivity index (χ2v) is 17.7. The number of rotatable bonds is 47. The fraction of sp³-hybridized carbons (Fsp3) is 0.980. The first-order valence-corrected chi connectivity index (χ1v) is 25.3. The highest BCUT2D eigenvalue weighted by atomic mass is 16.3. The molecule has 0 spiro atoms. The highest BCUT2D eigenvalue weighted by molar-refractivity contribution is 5.76. The van der Waals surface area contributed by atoms with Crippen LogP contribution in [-0.2, 0) is 4.79 Å². The standard InChI is InChI=1S/C50H101NO4/c1-3-5-7-9-11-13-15-17-18-19-20-21-22-23-24-25-26-27-28-29-30-31-32-33-35-37-39-41-43-45-49(54)51-47(46-52)50(55)48(53)44-42-40-38-36-34-16-14-12-10-8-6-4-2/h47-48,50,52-53,55H,3-46H2,1-2H3,(H,51,54). The number of amides is 1. The molecule has 0 aromatic rings. The molecule has 0 heterocycles. The van der Waals surface area contributed by atoms with Crippen LogP contribution in [0.4, 0.5) is 0 Å². The Bertz CT molecular complexity index is 733. The van der Waals surface area contributed by atoms with Gasteiger partial charge in [-0.1, -0.05) is 271 Å². The van der Waals surface area contributed by atoms with Crippen molar-refractivity contribution < 1.29 is 20.1 Å². The molecule has 3 atom stereocenters. The van der Waals surface area contributed by atoms with Crippen LogP contribution < -0.4 is 5.32 Å². The average Bonchev–Trinajstić information content (AvgIpc) is 3.19. The zero-order valence-corrected chi connectivity index (χ0v) is 37.6. The smallest absolute Gasteiger partial charge is 0.220 e. The number of carbonyl (C=O) groups is 1. The van der Waals surface area contributed by atoms with Gasteiger partial charge in [0.2, 0.25) is 5.91 Å². The zero-order chi connectivity index (χ0) is 40.1. The number of hydrogen-bond donors (Lipinski definition) is 4. The maximum atomic E-state index is 12.5. The van der Waals surface area contributed by atoms with E-state index in [1.54, 1.807) is 0 Å². The molecule has 0 aliphatic rings. The van der Waals surface area contributed by atoms with Gasteiger partial charge in [0, 0.05) is 6.42 Å². The number of aliphatic hydroxyl groups excluding tert-OH is 3. The third-order valence-corrected chi connectivity index (χ3v) is 12.2. The summed E-state index contributed by atoms with van der Waals surface area (Å²) in [6.45, 7) is 4.20. The van der Waals surface area contributed by atoms with Crippen molar-refractivity contribution in [3.63, 3.8) is 0 Å². The Morgan fingerprint density at radius 2 is 0.618 bits per heavy atom. The van der Waals surface area contributed by atoms with Gasteiger partial charge >= 0.3 is 0 Å². The Labute approximate surface area is 345 Å². The van der Waals surface area contributed by atoms with Crippen molar-refractivity contribution in [1.29, 1.82) is 0 Å². The van der Waals surface area contributed by atoms with Gasteiger partial charge < -0.3 is 20.6 Å². The van der Waals surface area contributed by atoms with Crippen molar-refractivity contribution in [2.45, 2.75) is 308 Å². The Hall–Kier alpha value is -0.650. The van der Waals surface area contributed by atoms with Crippen LogP contribution in [0.15, 0.2) is 0 Å². The number of nitrogens with one attached hydrogen (secondary N) is 1. The van der Waals surface area contributed by atoms with Crippen LogP contribution >= 0.6 is 0 Å². The minimum atomic E-state index is -1.13. The molecule has 0 rings (SSSR count). The first-order chi connectivity index (χ1) is 27.1. The van der Waals surface area contributed by atoms with Crippen molar-refractivity contribution >= 4 is 5.91 Å². The fourth-order valence-corrected chi connectivity index (χ4v) is 8.28. The summed E-state index contributed by atoms with van der Waals surface area (Å²) < 4.78 is 0. The Morgan fingerprint density at radius 1 is 0.382 bits per heavy atom. The van der Waals surface area contributed by atoms with Crippen molar-refractivity contribution in [3.8, 4) is 0 Å². The molecule has 3 unspecified atom stereocenters. The molecule has 0 aliphatic carbocycles. The van der Waals surface area contributed by atoms with Gasteiger partial charge in [-0.25, -0.2) is 0 Å².